The molecule has 0 fully saturated rings. The number of nitrogens with zero attached hydrogens (tertiary/aromatic N) is 1. The number of ether oxygens (including phenoxy) is 1. The van der Waals surface area contributed by atoms with E-state index < -0.39 is 5.82 Å². The largest absolute Gasteiger partial charge is 0.496 e. The van der Waals surface area contributed by atoms with Crippen molar-refractivity contribution in [1.29, 1.82) is 0 Å². The number of nitrogens with one attached hydrogen (secondary N) is 2. The van der Waals surface area contributed by atoms with Gasteiger partial charge in [-0.05, 0) is 30.3 Å². The van der Waals surface area contributed by atoms with Crippen molar-refractivity contribution in [1.82, 2.24) is 10.3 Å². The predicted octanol–water partition coefficient (Wildman–Crippen LogP) is 3.31. The standard InChI is InChI=1S/C18H16FN3O4S/c1-25-14-5-4-11(19)9-12(14)13-10-27-18(21-13)22-16(23)6-7-20-17(24)15-3-2-8-26-15/h2-5,8-10H,6-7H2,1H3,(H,20,24)(H,21,22,23). The zero-order valence-electron chi connectivity index (χ0n) is 14.3. The summed E-state index contributed by atoms with van der Waals surface area (Å²) in [4.78, 5) is 28.0. The lowest BCUT2D eigenvalue weighted by atomic mass is 10.1. The van der Waals surface area contributed by atoms with Gasteiger partial charge in [0.25, 0.3) is 5.91 Å². The molecule has 3 rings (SSSR count). The van der Waals surface area contributed by atoms with Gasteiger partial charge in [0.05, 0.1) is 19.1 Å². The van der Waals surface area contributed by atoms with Crippen molar-refractivity contribution >= 4 is 28.3 Å². The van der Waals surface area contributed by atoms with E-state index >= 15 is 0 Å². The Kier molecular flexibility index (Phi) is 5.82. The van der Waals surface area contributed by atoms with E-state index in [-0.39, 0.29) is 30.5 Å². The van der Waals surface area contributed by atoms with E-state index in [4.69, 9.17) is 9.15 Å². The molecule has 27 heavy (non-hydrogen) atoms. The molecule has 0 atom stereocenters. The van der Waals surface area contributed by atoms with Crippen LogP contribution in [0.1, 0.15) is 17.0 Å². The Bertz CT molecular complexity index is 940. The molecule has 3 aromatic rings. The number of anilines is 1. The summed E-state index contributed by atoms with van der Waals surface area (Å²) in [5.74, 6) is -0.426. The lowest BCUT2D eigenvalue weighted by Gasteiger charge is -2.06. The number of aromatic nitrogens is 1. The molecule has 2 N–H and O–H groups in total. The van der Waals surface area contributed by atoms with Crippen LogP contribution < -0.4 is 15.4 Å². The van der Waals surface area contributed by atoms with Gasteiger partial charge in [-0.2, -0.15) is 0 Å². The summed E-state index contributed by atoms with van der Waals surface area (Å²) in [5.41, 5.74) is 0.998. The summed E-state index contributed by atoms with van der Waals surface area (Å²) in [7, 11) is 1.49. The maximum Gasteiger partial charge on any atom is 0.286 e. The zero-order chi connectivity index (χ0) is 19.2. The molecule has 0 radical (unpaired) electrons. The second kappa shape index (κ2) is 8.45. The molecule has 2 heterocycles. The van der Waals surface area contributed by atoms with Gasteiger partial charge in [0, 0.05) is 23.9 Å². The topological polar surface area (TPSA) is 93.5 Å². The number of carbonyl (C=O) groups excluding carboxylic acids is 2. The fourth-order valence-corrected chi connectivity index (χ4v) is 3.03. The molecule has 0 saturated heterocycles. The van der Waals surface area contributed by atoms with Gasteiger partial charge in [0.1, 0.15) is 11.6 Å². The molecule has 0 unspecified atom stereocenters. The average molecular weight is 389 g/mol. The molecule has 0 spiro atoms. The minimum atomic E-state index is -0.406. The third kappa shape index (κ3) is 4.70. The Balaban J connectivity index is 1.55. The maximum atomic E-state index is 13.5. The summed E-state index contributed by atoms with van der Waals surface area (Å²) >= 11 is 1.21. The van der Waals surface area contributed by atoms with Gasteiger partial charge in [-0.25, -0.2) is 9.37 Å². The van der Waals surface area contributed by atoms with Crippen LogP contribution in [-0.4, -0.2) is 30.5 Å². The third-order valence-corrected chi connectivity index (χ3v) is 4.33. The zero-order valence-corrected chi connectivity index (χ0v) is 15.1. The highest BCUT2D eigenvalue weighted by molar-refractivity contribution is 7.14. The molecule has 2 aromatic heterocycles. The molecule has 7 nitrogen and oxygen atoms in total. The fraction of sp³-hybridized carbons (Fsp3) is 0.167. The quantitative estimate of drug-likeness (QED) is 0.647. The molecule has 0 bridgehead atoms. The lowest BCUT2D eigenvalue weighted by molar-refractivity contribution is -0.116. The first-order valence-corrected chi connectivity index (χ1v) is 8.86. The monoisotopic (exact) mass is 389 g/mol. The molecular weight excluding hydrogens is 373 g/mol. The number of furan rings is 1. The van der Waals surface area contributed by atoms with Crippen molar-refractivity contribution in [3.8, 4) is 17.0 Å². The first-order valence-electron chi connectivity index (χ1n) is 7.98. The van der Waals surface area contributed by atoms with Crippen LogP contribution in [0.15, 0.2) is 46.4 Å². The minimum absolute atomic E-state index is 0.0741. The Morgan fingerprint density at radius 1 is 1.33 bits per heavy atom. The Hall–Kier alpha value is -3.20. The van der Waals surface area contributed by atoms with Crippen LogP contribution in [0.25, 0.3) is 11.3 Å². The van der Waals surface area contributed by atoms with Crippen molar-refractivity contribution < 1.29 is 23.1 Å². The SMILES string of the molecule is COc1ccc(F)cc1-c1csc(NC(=O)CCNC(=O)c2ccco2)n1. The van der Waals surface area contributed by atoms with Gasteiger partial charge in [0.15, 0.2) is 10.9 Å². The van der Waals surface area contributed by atoms with E-state index in [0.29, 0.717) is 22.1 Å². The summed E-state index contributed by atoms with van der Waals surface area (Å²) < 4.78 is 23.7. The van der Waals surface area contributed by atoms with Crippen LogP contribution in [0.5, 0.6) is 5.75 Å². The van der Waals surface area contributed by atoms with Crippen molar-refractivity contribution in [3.05, 3.63) is 53.6 Å². The second-order valence-corrected chi connectivity index (χ2v) is 6.27. The number of halogens is 1. The van der Waals surface area contributed by atoms with Gasteiger partial charge in [-0.1, -0.05) is 0 Å². The Morgan fingerprint density at radius 3 is 2.93 bits per heavy atom. The number of thiazole rings is 1. The van der Waals surface area contributed by atoms with Crippen LogP contribution in [-0.2, 0) is 4.79 Å². The predicted molar refractivity (Wildman–Crippen MR) is 98.3 cm³/mol. The van der Waals surface area contributed by atoms with E-state index in [0.717, 1.165) is 0 Å². The smallest absolute Gasteiger partial charge is 0.286 e. The van der Waals surface area contributed by atoms with Gasteiger partial charge < -0.3 is 19.8 Å². The highest BCUT2D eigenvalue weighted by Gasteiger charge is 2.13. The molecule has 140 valence electrons. The van der Waals surface area contributed by atoms with Crippen molar-refractivity contribution in [2.75, 3.05) is 19.0 Å². The van der Waals surface area contributed by atoms with Crippen LogP contribution in [0.2, 0.25) is 0 Å². The van der Waals surface area contributed by atoms with E-state index in [1.165, 1.54) is 49.0 Å². The van der Waals surface area contributed by atoms with E-state index in [1.54, 1.807) is 11.4 Å². The van der Waals surface area contributed by atoms with E-state index in [9.17, 15) is 14.0 Å². The van der Waals surface area contributed by atoms with Crippen LogP contribution in [0.4, 0.5) is 9.52 Å². The minimum Gasteiger partial charge on any atom is -0.496 e. The molecule has 0 aliphatic rings. The van der Waals surface area contributed by atoms with Gasteiger partial charge in [-0.15, -0.1) is 11.3 Å². The van der Waals surface area contributed by atoms with Crippen molar-refractivity contribution in [2.24, 2.45) is 0 Å². The molecule has 1 aromatic carbocycles. The van der Waals surface area contributed by atoms with Gasteiger partial charge >= 0.3 is 0 Å². The number of methoxy groups -OCH3 is 1. The van der Waals surface area contributed by atoms with Gasteiger partial charge in [-0.3, -0.25) is 9.59 Å². The molecule has 2 amide bonds. The summed E-state index contributed by atoms with van der Waals surface area (Å²) in [6.45, 7) is 0.154. The van der Waals surface area contributed by atoms with Crippen LogP contribution in [0, 0.1) is 5.82 Å². The Labute approximate surface area is 158 Å². The number of hydrogen-bond acceptors (Lipinski definition) is 6. The van der Waals surface area contributed by atoms with E-state index in [2.05, 4.69) is 15.6 Å². The fourth-order valence-electron chi connectivity index (χ4n) is 2.30. The van der Waals surface area contributed by atoms with Crippen LogP contribution >= 0.6 is 11.3 Å². The lowest BCUT2D eigenvalue weighted by Crippen LogP contribution is -2.27. The summed E-state index contributed by atoms with van der Waals surface area (Å²) in [6, 6.07) is 7.28. The molecule has 0 aliphatic carbocycles. The molecule has 0 saturated carbocycles. The summed E-state index contributed by atoms with van der Waals surface area (Å²) in [5, 5.41) is 7.31. The van der Waals surface area contributed by atoms with Crippen molar-refractivity contribution in [2.45, 2.75) is 6.42 Å². The molecule has 0 aliphatic heterocycles. The first-order chi connectivity index (χ1) is 13.1. The molecular formula is C18H16FN3O4S. The number of carbonyl (C=O) groups is 2. The van der Waals surface area contributed by atoms with Gasteiger partial charge in [0.2, 0.25) is 5.91 Å². The summed E-state index contributed by atoms with van der Waals surface area (Å²) in [6.07, 6.45) is 1.47. The second-order valence-electron chi connectivity index (χ2n) is 5.41. The normalized spacial score (nSPS) is 10.4. The van der Waals surface area contributed by atoms with E-state index in [1.807, 2.05) is 0 Å². The number of hydrogen-bond donors (Lipinski definition) is 2. The van der Waals surface area contributed by atoms with Crippen LogP contribution in [0.3, 0.4) is 0 Å². The first kappa shape index (κ1) is 18.6. The average Bonchev–Trinajstić information content (AvgIpc) is 3.33. The highest BCUT2D eigenvalue weighted by atomic mass is 32.1. The Morgan fingerprint density at radius 2 is 2.19 bits per heavy atom. The number of benzene rings is 1. The highest BCUT2D eigenvalue weighted by Crippen LogP contribution is 2.32. The maximum absolute atomic E-state index is 13.5. The third-order valence-electron chi connectivity index (χ3n) is 3.57. The number of rotatable bonds is 7. The van der Waals surface area contributed by atoms with Crippen molar-refractivity contribution in [3.63, 3.8) is 0 Å². The number of amides is 2. The molecule has 9 heteroatoms.